The Morgan fingerprint density at radius 3 is 2.81 bits per heavy atom. The van der Waals surface area contributed by atoms with Gasteiger partial charge in [-0.3, -0.25) is 10.1 Å². The molecule has 0 atom stereocenters. The molecular formula is C15H10N2O3S. The van der Waals surface area contributed by atoms with Gasteiger partial charge in [0.25, 0.3) is 5.69 Å². The lowest BCUT2D eigenvalue weighted by Gasteiger charge is -1.93. The second kappa shape index (κ2) is 5.34. The number of hydrogen-bond donors (Lipinski definition) is 1. The molecule has 0 amide bonds. The molecule has 0 unspecified atom stereocenters. The van der Waals surface area contributed by atoms with E-state index in [9.17, 15) is 15.2 Å². The van der Waals surface area contributed by atoms with Crippen molar-refractivity contribution in [3.05, 3.63) is 63.1 Å². The van der Waals surface area contributed by atoms with Crippen LogP contribution in [-0.2, 0) is 0 Å². The maximum Gasteiger partial charge on any atom is 0.270 e. The lowest BCUT2D eigenvalue weighted by atomic mass is 10.2. The van der Waals surface area contributed by atoms with E-state index in [1.54, 1.807) is 24.3 Å². The van der Waals surface area contributed by atoms with Gasteiger partial charge >= 0.3 is 0 Å². The summed E-state index contributed by atoms with van der Waals surface area (Å²) in [7, 11) is 0. The molecule has 3 rings (SSSR count). The summed E-state index contributed by atoms with van der Waals surface area (Å²) in [5.41, 5.74) is 1.66. The third-order valence-electron chi connectivity index (χ3n) is 2.89. The summed E-state index contributed by atoms with van der Waals surface area (Å²) in [5, 5.41) is 20.9. The van der Waals surface area contributed by atoms with E-state index in [1.165, 1.54) is 23.5 Å². The number of aromatic hydroxyl groups is 1. The van der Waals surface area contributed by atoms with Gasteiger partial charge in [0.15, 0.2) is 0 Å². The van der Waals surface area contributed by atoms with Crippen LogP contribution in [0.15, 0.2) is 42.5 Å². The van der Waals surface area contributed by atoms with Gasteiger partial charge in [-0.25, -0.2) is 4.98 Å². The highest BCUT2D eigenvalue weighted by Gasteiger charge is 2.09. The van der Waals surface area contributed by atoms with Crippen LogP contribution in [0.3, 0.4) is 0 Å². The van der Waals surface area contributed by atoms with Crippen molar-refractivity contribution in [3.63, 3.8) is 0 Å². The van der Waals surface area contributed by atoms with Crippen molar-refractivity contribution in [2.75, 3.05) is 0 Å². The van der Waals surface area contributed by atoms with E-state index in [2.05, 4.69) is 4.98 Å². The van der Waals surface area contributed by atoms with Gasteiger partial charge in [-0.15, -0.1) is 11.3 Å². The largest absolute Gasteiger partial charge is 0.508 e. The van der Waals surface area contributed by atoms with Gasteiger partial charge in [-0.2, -0.15) is 0 Å². The standard InChI is InChI=1S/C15H10N2O3S/c18-12-3-1-2-10(8-12)4-7-15-16-13-6-5-11(17(19)20)9-14(13)21-15/h1-9,18H/b7-4+. The van der Waals surface area contributed by atoms with Crippen LogP contribution in [0.5, 0.6) is 5.75 Å². The molecule has 0 aliphatic heterocycles. The highest BCUT2D eigenvalue weighted by atomic mass is 32.1. The van der Waals surface area contributed by atoms with E-state index in [1.807, 2.05) is 18.2 Å². The average Bonchev–Trinajstić information content (AvgIpc) is 2.87. The molecule has 104 valence electrons. The van der Waals surface area contributed by atoms with E-state index in [-0.39, 0.29) is 11.4 Å². The van der Waals surface area contributed by atoms with E-state index in [0.29, 0.717) is 0 Å². The maximum absolute atomic E-state index is 10.7. The molecule has 0 radical (unpaired) electrons. The first kappa shape index (κ1) is 13.3. The zero-order valence-electron chi connectivity index (χ0n) is 10.8. The Hall–Kier alpha value is -2.73. The molecule has 0 fully saturated rings. The molecule has 2 aromatic carbocycles. The molecule has 1 aromatic heterocycles. The lowest BCUT2D eigenvalue weighted by molar-refractivity contribution is -0.384. The summed E-state index contributed by atoms with van der Waals surface area (Å²) in [6.45, 7) is 0. The lowest BCUT2D eigenvalue weighted by Crippen LogP contribution is -1.85. The number of nitrogens with zero attached hydrogens (tertiary/aromatic N) is 2. The van der Waals surface area contributed by atoms with Crippen LogP contribution < -0.4 is 0 Å². The molecule has 0 spiro atoms. The number of aromatic nitrogens is 1. The molecule has 21 heavy (non-hydrogen) atoms. The predicted octanol–water partition coefficient (Wildman–Crippen LogP) is 4.08. The Bertz CT molecular complexity index is 855. The van der Waals surface area contributed by atoms with Crippen LogP contribution in [0.4, 0.5) is 5.69 Å². The fourth-order valence-electron chi connectivity index (χ4n) is 1.91. The molecule has 5 nitrogen and oxygen atoms in total. The topological polar surface area (TPSA) is 76.3 Å². The van der Waals surface area contributed by atoms with Crippen LogP contribution in [0.2, 0.25) is 0 Å². The van der Waals surface area contributed by atoms with Crippen LogP contribution in [0.25, 0.3) is 22.4 Å². The summed E-state index contributed by atoms with van der Waals surface area (Å²) in [6, 6.07) is 11.5. The molecule has 0 aliphatic carbocycles. The zero-order chi connectivity index (χ0) is 14.8. The van der Waals surface area contributed by atoms with E-state index < -0.39 is 4.92 Å². The fourth-order valence-corrected chi connectivity index (χ4v) is 2.82. The molecule has 0 aliphatic rings. The third-order valence-corrected chi connectivity index (χ3v) is 3.87. The molecule has 3 aromatic rings. The number of thiazole rings is 1. The van der Waals surface area contributed by atoms with Gasteiger partial charge < -0.3 is 5.11 Å². The number of rotatable bonds is 3. The van der Waals surface area contributed by atoms with Crippen molar-refractivity contribution in [1.29, 1.82) is 0 Å². The Morgan fingerprint density at radius 2 is 2.05 bits per heavy atom. The van der Waals surface area contributed by atoms with E-state index in [0.717, 1.165) is 20.8 Å². The third kappa shape index (κ3) is 2.90. The number of phenolic OH excluding ortho intramolecular Hbond substituents is 1. The first-order chi connectivity index (χ1) is 10.1. The van der Waals surface area contributed by atoms with Gasteiger partial charge in [0.1, 0.15) is 10.8 Å². The van der Waals surface area contributed by atoms with Gasteiger partial charge in [-0.05, 0) is 29.8 Å². The van der Waals surface area contributed by atoms with E-state index in [4.69, 9.17) is 0 Å². The van der Waals surface area contributed by atoms with Gasteiger partial charge in [0.05, 0.1) is 15.1 Å². The Morgan fingerprint density at radius 1 is 1.19 bits per heavy atom. The summed E-state index contributed by atoms with van der Waals surface area (Å²) < 4.78 is 0.778. The second-order valence-electron chi connectivity index (χ2n) is 4.39. The van der Waals surface area contributed by atoms with E-state index >= 15 is 0 Å². The average molecular weight is 298 g/mol. The highest BCUT2D eigenvalue weighted by molar-refractivity contribution is 7.19. The smallest absolute Gasteiger partial charge is 0.270 e. The van der Waals surface area contributed by atoms with Crippen LogP contribution >= 0.6 is 11.3 Å². The Labute approximate surface area is 124 Å². The number of nitro benzene ring substituents is 1. The summed E-state index contributed by atoms with van der Waals surface area (Å²) in [6.07, 6.45) is 3.66. The number of non-ortho nitro benzene ring substituents is 1. The SMILES string of the molecule is O=[N+]([O-])c1ccc2nc(/C=C/c3cccc(O)c3)sc2c1. The molecular weight excluding hydrogens is 288 g/mol. The highest BCUT2D eigenvalue weighted by Crippen LogP contribution is 2.27. The minimum absolute atomic E-state index is 0.0645. The molecule has 0 bridgehead atoms. The number of phenols is 1. The zero-order valence-corrected chi connectivity index (χ0v) is 11.6. The van der Waals surface area contributed by atoms with Gasteiger partial charge in [0.2, 0.25) is 0 Å². The number of nitro groups is 1. The number of benzene rings is 2. The Balaban J connectivity index is 1.92. The van der Waals surface area contributed by atoms with Crippen LogP contribution in [-0.4, -0.2) is 15.0 Å². The quantitative estimate of drug-likeness (QED) is 0.584. The first-order valence-corrected chi connectivity index (χ1v) is 6.95. The predicted molar refractivity (Wildman–Crippen MR) is 83.3 cm³/mol. The number of fused-ring (bicyclic) bond motifs is 1. The Kier molecular flexibility index (Phi) is 3.37. The monoisotopic (exact) mass is 298 g/mol. The van der Waals surface area contributed by atoms with Crippen LogP contribution in [0, 0.1) is 10.1 Å². The second-order valence-corrected chi connectivity index (χ2v) is 5.45. The number of hydrogen-bond acceptors (Lipinski definition) is 5. The molecule has 0 saturated heterocycles. The van der Waals surface area contributed by atoms with Crippen LogP contribution in [0.1, 0.15) is 10.6 Å². The van der Waals surface area contributed by atoms with Crippen molar-refractivity contribution in [2.45, 2.75) is 0 Å². The van der Waals surface area contributed by atoms with Crippen molar-refractivity contribution in [2.24, 2.45) is 0 Å². The molecule has 0 saturated carbocycles. The molecule has 6 heteroatoms. The molecule has 1 N–H and O–H groups in total. The van der Waals surface area contributed by atoms with Crippen molar-refractivity contribution in [3.8, 4) is 5.75 Å². The van der Waals surface area contributed by atoms with Crippen molar-refractivity contribution < 1.29 is 10.0 Å². The summed E-state index contributed by atoms with van der Waals surface area (Å²) >= 11 is 1.39. The minimum Gasteiger partial charge on any atom is -0.508 e. The minimum atomic E-state index is -0.415. The van der Waals surface area contributed by atoms with Crippen molar-refractivity contribution >= 4 is 39.4 Å². The van der Waals surface area contributed by atoms with Crippen molar-refractivity contribution in [1.82, 2.24) is 4.98 Å². The van der Waals surface area contributed by atoms with Gasteiger partial charge in [0, 0.05) is 12.1 Å². The van der Waals surface area contributed by atoms with Gasteiger partial charge in [-0.1, -0.05) is 18.2 Å². The maximum atomic E-state index is 10.7. The fraction of sp³-hybridized carbons (Fsp3) is 0. The first-order valence-electron chi connectivity index (χ1n) is 6.14. The normalized spacial score (nSPS) is 11.2. The summed E-state index contributed by atoms with van der Waals surface area (Å²) in [5.74, 6) is 0.206. The summed E-state index contributed by atoms with van der Waals surface area (Å²) in [4.78, 5) is 14.7. The molecule has 1 heterocycles.